The van der Waals surface area contributed by atoms with Gasteiger partial charge in [0.25, 0.3) is 0 Å². The Kier molecular flexibility index (Phi) is 6.17. The van der Waals surface area contributed by atoms with Crippen molar-refractivity contribution in [2.24, 2.45) is 0 Å². The van der Waals surface area contributed by atoms with Gasteiger partial charge in [0.05, 0.1) is 0 Å². The minimum absolute atomic E-state index is 0.890. The fourth-order valence-corrected chi connectivity index (χ4v) is 4.87. The summed E-state index contributed by atoms with van der Waals surface area (Å²) in [7, 11) is 0. The summed E-state index contributed by atoms with van der Waals surface area (Å²) in [6.45, 7) is 0. The summed E-state index contributed by atoms with van der Waals surface area (Å²) in [6, 6.07) is 24.7. The van der Waals surface area contributed by atoms with Crippen molar-refractivity contribution in [3.8, 4) is 23.7 Å². The van der Waals surface area contributed by atoms with Crippen molar-refractivity contribution in [1.29, 1.82) is 0 Å². The molecular weight excluding hydrogens is 532 g/mol. The van der Waals surface area contributed by atoms with Crippen LogP contribution in [0.3, 0.4) is 0 Å². The van der Waals surface area contributed by atoms with E-state index in [2.05, 4.69) is 97.7 Å². The average molecular weight is 548 g/mol. The number of benzene rings is 4. The van der Waals surface area contributed by atoms with Crippen LogP contribution < -0.4 is 0 Å². The Hall–Kier alpha value is -3.52. The van der Waals surface area contributed by atoms with E-state index in [-0.39, 0.29) is 0 Å². The smallest absolute Gasteiger partial charge is 0.0404 e. The third kappa shape index (κ3) is 4.66. The van der Waals surface area contributed by atoms with Gasteiger partial charge >= 0.3 is 0 Å². The molecule has 0 aliphatic heterocycles. The number of rotatable bonds is 0. The Labute approximate surface area is 210 Å². The molecule has 0 radical (unpaired) electrons. The fraction of sp³-hybridized carbons (Fsp3) is 0. The molecule has 0 fully saturated rings. The summed E-state index contributed by atoms with van der Waals surface area (Å²) in [5.74, 6) is 13.3. The Morgan fingerprint density at radius 2 is 1.30 bits per heavy atom. The molecule has 0 atom stereocenters. The zero-order valence-corrected chi connectivity index (χ0v) is 20.7. The molecule has 0 heterocycles. The molecule has 0 aromatic heterocycles. The lowest BCUT2D eigenvalue weighted by molar-refractivity contribution is 1.50. The van der Waals surface area contributed by atoms with Gasteiger partial charge in [0.15, 0.2) is 0 Å². The van der Waals surface area contributed by atoms with E-state index in [9.17, 15) is 0 Å². The molecule has 4 aromatic rings. The highest BCUT2D eigenvalue weighted by molar-refractivity contribution is 9.11. The molecule has 5 rings (SSSR count). The third-order valence-corrected chi connectivity index (χ3v) is 6.66. The molecule has 154 valence electrons. The first-order chi connectivity index (χ1) is 16.2. The Morgan fingerprint density at radius 3 is 2.15 bits per heavy atom. The highest BCUT2D eigenvalue weighted by Crippen LogP contribution is 2.26. The van der Waals surface area contributed by atoms with Crippen LogP contribution in [0.2, 0.25) is 0 Å². The Balaban J connectivity index is 1.54. The van der Waals surface area contributed by atoms with Crippen LogP contribution in [0.5, 0.6) is 0 Å². The molecule has 0 saturated carbocycles. The number of allylic oxidation sites excluding steroid dienone is 2. The topological polar surface area (TPSA) is 0 Å². The fourth-order valence-electron chi connectivity index (χ4n) is 3.68. The molecule has 0 spiro atoms. The first-order valence-electron chi connectivity index (χ1n) is 10.4. The molecule has 2 heteroatoms. The quantitative estimate of drug-likeness (QED) is 0.153. The first kappa shape index (κ1) is 21.3. The van der Waals surface area contributed by atoms with Gasteiger partial charge in [-0.2, -0.15) is 0 Å². The molecule has 0 unspecified atom stereocenters. The minimum atomic E-state index is 0.890. The molecule has 0 N–H and O–H groups in total. The standard InChI is InChI=1S/C31H16Br2/c32-30-21-31(33)27(19-17-25-13-7-11-23-9-4-5-15-29(23)25)20-26(30)18-16-24-12-6-10-22-8-2-1-3-14-28(22)24/h1-2,4-15,20-21H. The average Bonchev–Trinajstić information content (AvgIpc) is 3.09. The van der Waals surface area contributed by atoms with Gasteiger partial charge in [0.2, 0.25) is 0 Å². The van der Waals surface area contributed by atoms with Crippen LogP contribution in [0.1, 0.15) is 33.4 Å². The molecule has 4 aromatic carbocycles. The lowest BCUT2D eigenvalue weighted by Gasteiger charge is -2.04. The van der Waals surface area contributed by atoms with E-state index in [1.807, 2.05) is 60.7 Å². The first-order valence-corrected chi connectivity index (χ1v) is 12.0. The second kappa shape index (κ2) is 9.54. The summed E-state index contributed by atoms with van der Waals surface area (Å²) in [6.07, 6.45) is 7.96. The molecule has 0 amide bonds. The van der Waals surface area contributed by atoms with Gasteiger partial charge in [-0.1, -0.05) is 84.4 Å². The predicted octanol–water partition coefficient (Wildman–Crippen LogP) is 8.36. The summed E-state index contributed by atoms with van der Waals surface area (Å²) in [5, 5.41) is 2.34. The SMILES string of the molecule is Brc1cc(Br)c(C#Cc2cccc3ccccc23)cc1C#Cc1cccc2c1C=C=CC=C2. The highest BCUT2D eigenvalue weighted by atomic mass is 79.9. The van der Waals surface area contributed by atoms with Crippen LogP contribution in [-0.2, 0) is 0 Å². The maximum absolute atomic E-state index is 3.65. The lowest BCUT2D eigenvalue weighted by Crippen LogP contribution is -1.88. The molecule has 0 nitrogen and oxygen atoms in total. The van der Waals surface area contributed by atoms with Crippen molar-refractivity contribution >= 4 is 54.8 Å². The van der Waals surface area contributed by atoms with Crippen molar-refractivity contribution in [2.45, 2.75) is 0 Å². The number of fused-ring (bicyclic) bond motifs is 2. The summed E-state index contributed by atoms with van der Waals surface area (Å²) in [5.41, 5.74) is 9.16. The number of hydrogen-bond donors (Lipinski definition) is 0. The van der Waals surface area contributed by atoms with Gasteiger partial charge in [-0.3, -0.25) is 0 Å². The monoisotopic (exact) mass is 546 g/mol. The van der Waals surface area contributed by atoms with E-state index in [1.54, 1.807) is 0 Å². The van der Waals surface area contributed by atoms with Crippen molar-refractivity contribution in [2.75, 3.05) is 0 Å². The van der Waals surface area contributed by atoms with Crippen LogP contribution in [0.4, 0.5) is 0 Å². The zero-order chi connectivity index (χ0) is 22.6. The van der Waals surface area contributed by atoms with Gasteiger partial charge < -0.3 is 0 Å². The maximum Gasteiger partial charge on any atom is 0.0404 e. The Bertz CT molecular complexity index is 1620. The number of hydrogen-bond acceptors (Lipinski definition) is 0. The van der Waals surface area contributed by atoms with E-state index < -0.39 is 0 Å². The normalized spacial score (nSPS) is 11.2. The number of halogens is 2. The third-order valence-electron chi connectivity index (χ3n) is 5.35. The molecule has 0 bridgehead atoms. The molecule has 0 saturated heterocycles. The van der Waals surface area contributed by atoms with Gasteiger partial charge in [-0.05, 0) is 84.6 Å². The molecule has 33 heavy (non-hydrogen) atoms. The highest BCUT2D eigenvalue weighted by Gasteiger charge is 2.06. The van der Waals surface area contributed by atoms with Crippen LogP contribution >= 0.6 is 31.9 Å². The van der Waals surface area contributed by atoms with E-state index in [1.165, 1.54) is 5.39 Å². The van der Waals surface area contributed by atoms with Gasteiger partial charge in [-0.15, -0.1) is 5.73 Å². The lowest BCUT2D eigenvalue weighted by atomic mass is 10.0. The predicted molar refractivity (Wildman–Crippen MR) is 146 cm³/mol. The second-order valence-electron chi connectivity index (χ2n) is 7.48. The Morgan fingerprint density at radius 1 is 0.636 bits per heavy atom. The van der Waals surface area contributed by atoms with E-state index in [0.717, 1.165) is 47.7 Å². The van der Waals surface area contributed by atoms with Crippen molar-refractivity contribution in [1.82, 2.24) is 0 Å². The summed E-state index contributed by atoms with van der Waals surface area (Å²) in [4.78, 5) is 0. The van der Waals surface area contributed by atoms with E-state index in [0.29, 0.717) is 0 Å². The minimum Gasteiger partial charge on any atom is -0.120 e. The second-order valence-corrected chi connectivity index (χ2v) is 9.19. The molecule has 1 aliphatic carbocycles. The van der Waals surface area contributed by atoms with Gasteiger partial charge in [0, 0.05) is 36.8 Å². The van der Waals surface area contributed by atoms with Crippen LogP contribution in [0, 0.1) is 23.7 Å². The molecule has 1 aliphatic rings. The zero-order valence-electron chi connectivity index (χ0n) is 17.5. The van der Waals surface area contributed by atoms with Crippen molar-refractivity contribution in [3.05, 3.63) is 133 Å². The van der Waals surface area contributed by atoms with E-state index in [4.69, 9.17) is 0 Å². The van der Waals surface area contributed by atoms with Gasteiger partial charge in [-0.25, -0.2) is 0 Å². The summed E-state index contributed by atoms with van der Waals surface area (Å²) >= 11 is 7.31. The van der Waals surface area contributed by atoms with Crippen LogP contribution in [0.25, 0.3) is 22.9 Å². The largest absolute Gasteiger partial charge is 0.120 e. The van der Waals surface area contributed by atoms with Gasteiger partial charge in [0.1, 0.15) is 0 Å². The van der Waals surface area contributed by atoms with Crippen LogP contribution in [-0.4, -0.2) is 0 Å². The maximum atomic E-state index is 3.65. The van der Waals surface area contributed by atoms with E-state index >= 15 is 0 Å². The summed E-state index contributed by atoms with van der Waals surface area (Å²) < 4.78 is 1.86. The van der Waals surface area contributed by atoms with Crippen LogP contribution in [0.15, 0.2) is 99.6 Å². The van der Waals surface area contributed by atoms with Crippen molar-refractivity contribution < 1.29 is 0 Å². The van der Waals surface area contributed by atoms with Crippen molar-refractivity contribution in [3.63, 3.8) is 0 Å². The molecular formula is C31H16Br2.